The summed E-state index contributed by atoms with van der Waals surface area (Å²) in [7, 11) is 0. The first-order valence-electron chi connectivity index (χ1n) is 20.6. The first kappa shape index (κ1) is 34.8. The Morgan fingerprint density at radius 2 is 0.820 bits per heavy atom. The second-order valence-corrected chi connectivity index (χ2v) is 15.5. The van der Waals surface area contributed by atoms with Gasteiger partial charge in [-0.2, -0.15) is 0 Å². The van der Waals surface area contributed by atoms with Crippen LogP contribution in [-0.2, 0) is 0 Å². The molecule has 0 spiro atoms. The maximum atomic E-state index is 6.32. The lowest BCUT2D eigenvalue weighted by Gasteiger charge is -2.15. The van der Waals surface area contributed by atoms with Gasteiger partial charge in [-0.15, -0.1) is 0 Å². The molecule has 4 heteroatoms. The van der Waals surface area contributed by atoms with E-state index >= 15 is 0 Å². The van der Waals surface area contributed by atoms with Gasteiger partial charge in [0.15, 0.2) is 17.5 Å². The van der Waals surface area contributed by atoms with Gasteiger partial charge in [0, 0.05) is 27.5 Å². The topological polar surface area (TPSA) is 51.8 Å². The van der Waals surface area contributed by atoms with Crippen LogP contribution < -0.4 is 0 Å². The molecule has 0 radical (unpaired) electrons. The van der Waals surface area contributed by atoms with Crippen molar-refractivity contribution >= 4 is 54.3 Å². The minimum atomic E-state index is 0.577. The van der Waals surface area contributed by atoms with Crippen LogP contribution in [0.4, 0.5) is 0 Å². The van der Waals surface area contributed by atoms with E-state index in [4.69, 9.17) is 19.4 Å². The predicted molar refractivity (Wildman–Crippen MR) is 252 cm³/mol. The van der Waals surface area contributed by atoms with E-state index in [1.807, 2.05) is 36.4 Å². The molecule has 284 valence electrons. The van der Waals surface area contributed by atoms with E-state index in [2.05, 4.69) is 176 Å². The fourth-order valence-corrected chi connectivity index (χ4v) is 8.99. The van der Waals surface area contributed by atoms with E-state index in [9.17, 15) is 0 Å². The molecule has 0 aliphatic heterocycles. The minimum Gasteiger partial charge on any atom is -0.456 e. The quantitative estimate of drug-likeness (QED) is 0.125. The SMILES string of the molecule is c1ccc(-c2ccccc2-c2nc(-c3cccc(-c4cccc(-c5c6ccccc6cc6c5ccc5ccccc56)c4)c3)nc(-c3ccc4c(c3)oc3ccccc34)n2)cc1. The van der Waals surface area contributed by atoms with Gasteiger partial charge < -0.3 is 4.42 Å². The summed E-state index contributed by atoms with van der Waals surface area (Å²) in [4.78, 5) is 15.6. The van der Waals surface area contributed by atoms with Crippen LogP contribution in [0, 0.1) is 0 Å². The summed E-state index contributed by atoms with van der Waals surface area (Å²) in [6, 6.07) is 74.8. The standard InChI is InChI=1S/C57H35N3O/c1-2-14-36(15-3-1)44-22-8-9-26-50(44)57-59-55(58-56(60-57)43-29-30-48-47-25-10-11-27-52(47)61-53(48)35-43)42-21-13-19-39(33-42)38-18-12-20-41(32-38)54-46-24-7-5-17-40(46)34-51-45-23-6-4-16-37(45)28-31-49(51)54/h1-35H. The zero-order chi connectivity index (χ0) is 40.3. The third-order valence-electron chi connectivity index (χ3n) is 11.9. The molecule has 2 aromatic heterocycles. The fraction of sp³-hybridized carbons (Fsp3) is 0. The summed E-state index contributed by atoms with van der Waals surface area (Å²) in [6.07, 6.45) is 0. The molecule has 0 aliphatic carbocycles. The van der Waals surface area contributed by atoms with Crippen LogP contribution in [0.5, 0.6) is 0 Å². The second kappa shape index (κ2) is 14.3. The molecule has 0 saturated heterocycles. The van der Waals surface area contributed by atoms with Gasteiger partial charge in [0.1, 0.15) is 11.2 Å². The molecule has 0 bridgehead atoms. The summed E-state index contributed by atoms with van der Waals surface area (Å²) < 4.78 is 6.32. The van der Waals surface area contributed by atoms with Crippen LogP contribution in [0.1, 0.15) is 0 Å². The summed E-state index contributed by atoms with van der Waals surface area (Å²) in [5, 5.41) is 9.60. The van der Waals surface area contributed by atoms with Gasteiger partial charge in [-0.1, -0.05) is 176 Å². The fourth-order valence-electron chi connectivity index (χ4n) is 8.99. The molecule has 0 atom stereocenters. The van der Waals surface area contributed by atoms with Gasteiger partial charge >= 0.3 is 0 Å². The zero-order valence-electron chi connectivity index (χ0n) is 33.0. The Labute approximate surface area is 352 Å². The van der Waals surface area contributed by atoms with Crippen molar-refractivity contribution in [1.82, 2.24) is 15.0 Å². The monoisotopic (exact) mass is 777 g/mol. The molecular formula is C57H35N3O. The predicted octanol–water partition coefficient (Wildman–Crippen LogP) is 15.2. The molecule has 12 rings (SSSR count). The number of furan rings is 1. The van der Waals surface area contributed by atoms with Crippen LogP contribution in [0.3, 0.4) is 0 Å². The summed E-state index contributed by atoms with van der Waals surface area (Å²) in [6.45, 7) is 0. The summed E-state index contributed by atoms with van der Waals surface area (Å²) in [5.41, 5.74) is 11.1. The summed E-state index contributed by atoms with van der Waals surface area (Å²) in [5.74, 6) is 1.78. The first-order chi connectivity index (χ1) is 30.2. The molecule has 0 saturated carbocycles. The molecule has 0 amide bonds. The number of nitrogens with zero attached hydrogens (tertiary/aromatic N) is 3. The smallest absolute Gasteiger partial charge is 0.164 e. The molecular weight excluding hydrogens is 743 g/mol. The molecule has 0 aliphatic rings. The maximum absolute atomic E-state index is 6.32. The number of para-hydroxylation sites is 1. The normalized spacial score (nSPS) is 11.6. The zero-order valence-corrected chi connectivity index (χ0v) is 33.0. The number of aromatic nitrogens is 3. The first-order valence-corrected chi connectivity index (χ1v) is 20.6. The average Bonchev–Trinajstić information content (AvgIpc) is 3.71. The highest BCUT2D eigenvalue weighted by Gasteiger charge is 2.18. The van der Waals surface area contributed by atoms with Crippen molar-refractivity contribution in [3.8, 4) is 67.5 Å². The van der Waals surface area contributed by atoms with Crippen molar-refractivity contribution in [1.29, 1.82) is 0 Å². The molecule has 0 unspecified atom stereocenters. The van der Waals surface area contributed by atoms with Crippen molar-refractivity contribution < 1.29 is 4.42 Å². The number of rotatable bonds is 6. The maximum Gasteiger partial charge on any atom is 0.164 e. The molecule has 61 heavy (non-hydrogen) atoms. The van der Waals surface area contributed by atoms with Crippen molar-refractivity contribution in [2.24, 2.45) is 0 Å². The van der Waals surface area contributed by atoms with Gasteiger partial charge in [-0.05, 0) is 102 Å². The Balaban J connectivity index is 1.01. The Morgan fingerprint density at radius 3 is 1.64 bits per heavy atom. The van der Waals surface area contributed by atoms with Crippen molar-refractivity contribution in [3.05, 3.63) is 212 Å². The Morgan fingerprint density at radius 1 is 0.262 bits per heavy atom. The number of hydrogen-bond acceptors (Lipinski definition) is 4. The summed E-state index contributed by atoms with van der Waals surface area (Å²) >= 11 is 0. The van der Waals surface area contributed by atoms with E-state index in [0.29, 0.717) is 17.5 Å². The van der Waals surface area contributed by atoms with E-state index in [1.54, 1.807) is 0 Å². The highest BCUT2D eigenvalue weighted by atomic mass is 16.3. The van der Waals surface area contributed by atoms with Crippen LogP contribution in [0.25, 0.3) is 122 Å². The average molecular weight is 778 g/mol. The van der Waals surface area contributed by atoms with Crippen molar-refractivity contribution in [3.63, 3.8) is 0 Å². The molecule has 2 heterocycles. The highest BCUT2D eigenvalue weighted by Crippen LogP contribution is 2.41. The Kier molecular flexibility index (Phi) is 8.13. The Hall–Kier alpha value is -8.21. The largest absolute Gasteiger partial charge is 0.456 e. The highest BCUT2D eigenvalue weighted by molar-refractivity contribution is 6.20. The molecule has 4 nitrogen and oxygen atoms in total. The van der Waals surface area contributed by atoms with Gasteiger partial charge in [-0.25, -0.2) is 15.0 Å². The van der Waals surface area contributed by atoms with Crippen molar-refractivity contribution in [2.75, 3.05) is 0 Å². The van der Waals surface area contributed by atoms with E-state index in [0.717, 1.165) is 60.9 Å². The lowest BCUT2D eigenvalue weighted by Crippen LogP contribution is -2.01. The van der Waals surface area contributed by atoms with Gasteiger partial charge in [0.2, 0.25) is 0 Å². The van der Waals surface area contributed by atoms with E-state index in [1.165, 1.54) is 43.4 Å². The van der Waals surface area contributed by atoms with Gasteiger partial charge in [0.05, 0.1) is 0 Å². The third-order valence-corrected chi connectivity index (χ3v) is 11.9. The van der Waals surface area contributed by atoms with Crippen LogP contribution in [0.15, 0.2) is 217 Å². The minimum absolute atomic E-state index is 0.577. The molecule has 12 aromatic rings. The van der Waals surface area contributed by atoms with Crippen LogP contribution in [-0.4, -0.2) is 15.0 Å². The Bertz CT molecular complexity index is 3660. The number of hydrogen-bond donors (Lipinski definition) is 0. The number of fused-ring (bicyclic) bond motifs is 7. The molecule has 0 N–H and O–H groups in total. The third kappa shape index (κ3) is 6.04. The van der Waals surface area contributed by atoms with Crippen molar-refractivity contribution in [2.45, 2.75) is 0 Å². The van der Waals surface area contributed by atoms with Gasteiger partial charge in [0.25, 0.3) is 0 Å². The van der Waals surface area contributed by atoms with E-state index in [-0.39, 0.29) is 0 Å². The lowest BCUT2D eigenvalue weighted by molar-refractivity contribution is 0.669. The lowest BCUT2D eigenvalue weighted by atomic mass is 9.89. The molecule has 10 aromatic carbocycles. The van der Waals surface area contributed by atoms with E-state index < -0.39 is 0 Å². The molecule has 0 fully saturated rings. The van der Waals surface area contributed by atoms with Crippen LogP contribution >= 0.6 is 0 Å². The van der Waals surface area contributed by atoms with Crippen LogP contribution in [0.2, 0.25) is 0 Å². The second-order valence-electron chi connectivity index (χ2n) is 15.5. The number of benzene rings is 10. The van der Waals surface area contributed by atoms with Gasteiger partial charge in [-0.3, -0.25) is 0 Å².